The Morgan fingerprint density at radius 2 is 1.83 bits per heavy atom. The summed E-state index contributed by atoms with van der Waals surface area (Å²) in [7, 11) is 1.66. The molecule has 0 bridgehead atoms. The Balaban J connectivity index is 1.66. The van der Waals surface area contributed by atoms with E-state index in [0.29, 0.717) is 16.6 Å². The van der Waals surface area contributed by atoms with Crippen LogP contribution in [0.5, 0.6) is 5.75 Å². The largest absolute Gasteiger partial charge is 0.497 e. The molecule has 4 rings (SSSR count). The molecule has 2 unspecified atom stereocenters. The van der Waals surface area contributed by atoms with Gasteiger partial charge in [0.15, 0.2) is 4.77 Å². The smallest absolute Gasteiger partial charge is 0.199 e. The second-order valence-electron chi connectivity index (χ2n) is 5.92. The first-order chi connectivity index (χ1) is 11.7. The molecule has 0 amide bonds. The first-order valence-corrected chi connectivity index (χ1v) is 8.53. The Labute approximate surface area is 150 Å². The van der Waals surface area contributed by atoms with Gasteiger partial charge in [-0.3, -0.25) is 9.67 Å². The van der Waals surface area contributed by atoms with E-state index >= 15 is 0 Å². The van der Waals surface area contributed by atoms with Crippen LogP contribution in [-0.4, -0.2) is 21.9 Å². The first kappa shape index (κ1) is 15.4. The topological polar surface area (TPSA) is 42.8 Å². The van der Waals surface area contributed by atoms with Crippen LogP contribution in [0.3, 0.4) is 0 Å². The summed E-state index contributed by atoms with van der Waals surface area (Å²) in [5.41, 5.74) is 2.28. The summed E-state index contributed by atoms with van der Waals surface area (Å²) in [6.07, 6.45) is 1.07. The molecule has 122 valence electrons. The molecule has 1 heterocycles. The number of ether oxygens (including phenoxy) is 1. The van der Waals surface area contributed by atoms with Crippen LogP contribution in [0.15, 0.2) is 48.5 Å². The fourth-order valence-corrected chi connectivity index (χ4v) is 3.47. The summed E-state index contributed by atoms with van der Waals surface area (Å²) in [6, 6.07) is 15.9. The molecule has 0 aliphatic heterocycles. The van der Waals surface area contributed by atoms with Crippen LogP contribution < -0.4 is 4.74 Å². The summed E-state index contributed by atoms with van der Waals surface area (Å²) in [6.45, 7) is 0. The van der Waals surface area contributed by atoms with Gasteiger partial charge in [0.25, 0.3) is 0 Å². The fraction of sp³-hybridized carbons (Fsp3) is 0.222. The van der Waals surface area contributed by atoms with Gasteiger partial charge >= 0.3 is 0 Å². The van der Waals surface area contributed by atoms with E-state index < -0.39 is 0 Å². The van der Waals surface area contributed by atoms with Crippen LogP contribution >= 0.6 is 23.8 Å². The molecule has 1 fully saturated rings. The molecule has 1 aliphatic carbocycles. The van der Waals surface area contributed by atoms with E-state index in [-0.39, 0.29) is 0 Å². The van der Waals surface area contributed by atoms with E-state index in [1.165, 1.54) is 5.56 Å². The number of rotatable bonds is 4. The molecule has 24 heavy (non-hydrogen) atoms. The normalized spacial score (nSPS) is 19.2. The molecule has 6 heteroatoms. The lowest BCUT2D eigenvalue weighted by atomic mass is 10.1. The number of aromatic amines is 1. The van der Waals surface area contributed by atoms with Gasteiger partial charge in [-0.2, -0.15) is 5.10 Å². The van der Waals surface area contributed by atoms with Gasteiger partial charge in [0.1, 0.15) is 11.6 Å². The Kier molecular flexibility index (Phi) is 3.90. The average molecular weight is 358 g/mol. The van der Waals surface area contributed by atoms with Gasteiger partial charge in [0.05, 0.1) is 7.11 Å². The van der Waals surface area contributed by atoms with Crippen LogP contribution in [0.25, 0.3) is 5.69 Å². The van der Waals surface area contributed by atoms with Gasteiger partial charge in [0, 0.05) is 16.6 Å². The summed E-state index contributed by atoms with van der Waals surface area (Å²) in [4.78, 5) is 0. The molecule has 1 aromatic heterocycles. The first-order valence-electron chi connectivity index (χ1n) is 7.74. The maximum Gasteiger partial charge on any atom is 0.199 e. The number of nitrogens with one attached hydrogen (secondary N) is 1. The average Bonchev–Trinajstić information content (AvgIpc) is 3.31. The Morgan fingerprint density at radius 1 is 1.12 bits per heavy atom. The van der Waals surface area contributed by atoms with Crippen molar-refractivity contribution in [3.05, 3.63) is 69.7 Å². The van der Waals surface area contributed by atoms with Crippen molar-refractivity contribution >= 4 is 23.8 Å². The van der Waals surface area contributed by atoms with E-state index in [1.54, 1.807) is 7.11 Å². The Bertz CT molecular complexity index is 915. The predicted molar refractivity (Wildman–Crippen MR) is 96.9 cm³/mol. The number of hydrogen-bond acceptors (Lipinski definition) is 3. The summed E-state index contributed by atoms with van der Waals surface area (Å²) < 4.78 is 7.84. The molecule has 4 nitrogen and oxygen atoms in total. The van der Waals surface area contributed by atoms with Gasteiger partial charge < -0.3 is 4.74 Å². The molecule has 2 atom stereocenters. The molecule has 1 saturated carbocycles. The molecular formula is C18H16ClN3OS. The van der Waals surface area contributed by atoms with E-state index in [2.05, 4.69) is 22.3 Å². The second kappa shape index (κ2) is 6.07. The molecule has 1 N–H and O–H groups in total. The van der Waals surface area contributed by atoms with Crippen molar-refractivity contribution in [3.8, 4) is 11.4 Å². The zero-order chi connectivity index (χ0) is 16.7. The molecule has 0 spiro atoms. The quantitative estimate of drug-likeness (QED) is 0.678. The van der Waals surface area contributed by atoms with Crippen molar-refractivity contribution in [3.63, 3.8) is 0 Å². The predicted octanol–water partition coefficient (Wildman–Crippen LogP) is 4.86. The SMILES string of the molecule is COc1ccc(-n2c(C3CC3c3ccc(Cl)cc3)n[nH]c2=S)cc1. The minimum absolute atomic E-state index is 0.362. The van der Waals surface area contributed by atoms with E-state index in [0.717, 1.165) is 28.7 Å². The summed E-state index contributed by atoms with van der Waals surface area (Å²) in [5, 5.41) is 8.17. The lowest BCUT2D eigenvalue weighted by Crippen LogP contribution is -2.01. The van der Waals surface area contributed by atoms with E-state index in [9.17, 15) is 0 Å². The van der Waals surface area contributed by atoms with E-state index in [1.807, 2.05) is 41.0 Å². The zero-order valence-corrected chi connectivity index (χ0v) is 14.6. The lowest BCUT2D eigenvalue weighted by molar-refractivity contribution is 0.414. The Morgan fingerprint density at radius 3 is 2.50 bits per heavy atom. The third-order valence-corrected chi connectivity index (χ3v) is 4.97. The van der Waals surface area contributed by atoms with Crippen molar-refractivity contribution in [1.29, 1.82) is 0 Å². The number of nitrogens with zero attached hydrogens (tertiary/aromatic N) is 2. The highest BCUT2D eigenvalue weighted by atomic mass is 35.5. The minimum atomic E-state index is 0.362. The minimum Gasteiger partial charge on any atom is -0.497 e. The summed E-state index contributed by atoms with van der Waals surface area (Å²) in [5.74, 6) is 2.62. The van der Waals surface area contributed by atoms with Crippen LogP contribution in [0.1, 0.15) is 29.6 Å². The van der Waals surface area contributed by atoms with Crippen LogP contribution in [0, 0.1) is 4.77 Å². The van der Waals surface area contributed by atoms with Gasteiger partial charge in [0.2, 0.25) is 0 Å². The number of benzene rings is 2. The molecule has 0 saturated heterocycles. The maximum atomic E-state index is 5.98. The molecular weight excluding hydrogens is 342 g/mol. The lowest BCUT2D eigenvalue weighted by Gasteiger charge is -2.08. The van der Waals surface area contributed by atoms with Crippen molar-refractivity contribution in [1.82, 2.24) is 14.8 Å². The highest BCUT2D eigenvalue weighted by Crippen LogP contribution is 2.54. The molecule has 2 aromatic carbocycles. The van der Waals surface area contributed by atoms with Gasteiger partial charge in [-0.15, -0.1) is 0 Å². The second-order valence-corrected chi connectivity index (χ2v) is 6.74. The molecule has 3 aromatic rings. The van der Waals surface area contributed by atoms with Gasteiger partial charge in [-0.25, -0.2) is 0 Å². The van der Waals surface area contributed by atoms with Gasteiger partial charge in [-0.1, -0.05) is 23.7 Å². The third-order valence-electron chi connectivity index (χ3n) is 4.45. The number of H-pyrrole nitrogens is 1. The zero-order valence-electron chi connectivity index (χ0n) is 13.1. The van der Waals surface area contributed by atoms with Crippen molar-refractivity contribution < 1.29 is 4.74 Å². The highest BCUT2D eigenvalue weighted by molar-refractivity contribution is 7.71. The van der Waals surface area contributed by atoms with Gasteiger partial charge in [-0.05, 0) is 66.5 Å². The van der Waals surface area contributed by atoms with E-state index in [4.69, 9.17) is 28.6 Å². The molecule has 0 radical (unpaired) electrons. The van der Waals surface area contributed by atoms with Crippen LogP contribution in [-0.2, 0) is 0 Å². The maximum absolute atomic E-state index is 5.98. The number of methoxy groups -OCH3 is 1. The van der Waals surface area contributed by atoms with Crippen molar-refractivity contribution in [2.75, 3.05) is 7.11 Å². The fourth-order valence-electron chi connectivity index (χ4n) is 3.10. The molecule has 1 aliphatic rings. The van der Waals surface area contributed by atoms with Crippen molar-refractivity contribution in [2.24, 2.45) is 0 Å². The monoisotopic (exact) mass is 357 g/mol. The number of halogens is 1. The van der Waals surface area contributed by atoms with Crippen LogP contribution in [0.4, 0.5) is 0 Å². The summed E-state index contributed by atoms with van der Waals surface area (Å²) >= 11 is 11.4. The highest BCUT2D eigenvalue weighted by Gasteiger charge is 2.43. The Hall–Kier alpha value is -2.11. The number of aromatic nitrogens is 3. The van der Waals surface area contributed by atoms with Crippen LogP contribution in [0.2, 0.25) is 5.02 Å². The number of hydrogen-bond donors (Lipinski definition) is 1. The van der Waals surface area contributed by atoms with Crippen molar-refractivity contribution in [2.45, 2.75) is 18.3 Å². The third kappa shape index (κ3) is 2.74. The standard InChI is InChI=1S/C18H16ClN3OS/c1-23-14-8-6-13(7-9-14)22-17(20-21-18(22)24)16-10-15(16)11-2-4-12(19)5-3-11/h2-9,15-16H,10H2,1H3,(H,21,24).